The van der Waals surface area contributed by atoms with Crippen LogP contribution in [-0.4, -0.2) is 28.6 Å². The second-order valence-corrected chi connectivity index (χ2v) is 5.77. The first-order valence-corrected chi connectivity index (χ1v) is 7.46. The molecule has 0 aromatic heterocycles. The molecule has 0 radical (unpaired) electrons. The van der Waals surface area contributed by atoms with E-state index in [2.05, 4.69) is 0 Å². The number of nitrogens with zero attached hydrogens (tertiary/aromatic N) is 1. The summed E-state index contributed by atoms with van der Waals surface area (Å²) in [5.74, 6) is 1.43. The molecule has 0 saturated carbocycles. The molecule has 1 N–H and O–H groups in total. The zero-order valence-electron chi connectivity index (χ0n) is 11.9. The fraction of sp³-hybridized carbons (Fsp3) is 0.235. The average Bonchev–Trinajstić information content (AvgIpc) is 2.81. The molecule has 0 aliphatic carbocycles. The van der Waals surface area contributed by atoms with Gasteiger partial charge < -0.3 is 14.7 Å². The molecule has 1 heterocycles. The van der Waals surface area contributed by atoms with Crippen LogP contribution >= 0.6 is 11.6 Å². The smallest absolute Gasteiger partial charge is 0.225 e. The third-order valence-electron chi connectivity index (χ3n) is 3.54. The molecular formula is C17H16ClNO3. The van der Waals surface area contributed by atoms with E-state index < -0.39 is 6.10 Å². The van der Waals surface area contributed by atoms with Crippen LogP contribution in [0.25, 0.3) is 0 Å². The molecule has 1 aliphatic rings. The zero-order valence-corrected chi connectivity index (χ0v) is 12.7. The molecule has 1 aliphatic heterocycles. The van der Waals surface area contributed by atoms with Gasteiger partial charge in [0.1, 0.15) is 11.5 Å². The number of amides is 1. The fourth-order valence-electron chi connectivity index (χ4n) is 2.43. The number of ether oxygens (including phenoxy) is 1. The molecule has 3 rings (SSSR count). The molecule has 1 saturated heterocycles. The Kier molecular flexibility index (Phi) is 4.32. The fourth-order valence-corrected chi connectivity index (χ4v) is 2.55. The summed E-state index contributed by atoms with van der Waals surface area (Å²) >= 11 is 5.83. The van der Waals surface area contributed by atoms with Crippen molar-refractivity contribution in [3.05, 3.63) is 59.1 Å². The number of carbonyl (C=O) groups is 1. The molecule has 1 atom stereocenters. The number of halogens is 1. The van der Waals surface area contributed by atoms with E-state index in [0.29, 0.717) is 18.1 Å². The minimum Gasteiger partial charge on any atom is -0.457 e. The lowest BCUT2D eigenvalue weighted by Crippen LogP contribution is -2.25. The van der Waals surface area contributed by atoms with Gasteiger partial charge >= 0.3 is 0 Å². The van der Waals surface area contributed by atoms with E-state index in [1.165, 1.54) is 0 Å². The summed E-state index contributed by atoms with van der Waals surface area (Å²) in [6, 6.07) is 14.7. The van der Waals surface area contributed by atoms with Crippen LogP contribution in [0, 0.1) is 0 Å². The standard InChI is InChI=1S/C17H16ClNO3/c18-13-3-7-16(8-4-13)22-15-5-1-12(2-6-15)10-19-11-14(20)9-17(19)21/h1-8,14,20H,9-11H2/t14-/m0/s1. The Bertz CT molecular complexity index is 655. The van der Waals surface area contributed by atoms with E-state index in [1.807, 2.05) is 24.3 Å². The summed E-state index contributed by atoms with van der Waals surface area (Å²) in [7, 11) is 0. The Hall–Kier alpha value is -2.04. The minimum atomic E-state index is -0.542. The van der Waals surface area contributed by atoms with Crippen LogP contribution in [0.2, 0.25) is 5.02 Å². The van der Waals surface area contributed by atoms with Crippen LogP contribution in [0.5, 0.6) is 11.5 Å². The topological polar surface area (TPSA) is 49.8 Å². The summed E-state index contributed by atoms with van der Waals surface area (Å²) in [6.07, 6.45) is -0.322. The van der Waals surface area contributed by atoms with Gasteiger partial charge in [0.05, 0.1) is 12.5 Å². The van der Waals surface area contributed by atoms with E-state index >= 15 is 0 Å². The van der Waals surface area contributed by atoms with Crippen LogP contribution in [0.3, 0.4) is 0 Å². The number of rotatable bonds is 4. The predicted octanol–water partition coefficient (Wildman–Crippen LogP) is 3.23. The first-order valence-electron chi connectivity index (χ1n) is 7.08. The minimum absolute atomic E-state index is 0.00556. The molecule has 2 aromatic carbocycles. The van der Waals surface area contributed by atoms with Crippen LogP contribution < -0.4 is 4.74 Å². The number of hydrogen-bond acceptors (Lipinski definition) is 3. The maximum Gasteiger partial charge on any atom is 0.225 e. The second-order valence-electron chi connectivity index (χ2n) is 5.33. The number of aliphatic hydroxyl groups is 1. The number of likely N-dealkylation sites (tertiary alicyclic amines) is 1. The normalized spacial score (nSPS) is 17.8. The van der Waals surface area contributed by atoms with Gasteiger partial charge in [-0.15, -0.1) is 0 Å². The van der Waals surface area contributed by atoms with Gasteiger partial charge in [-0.3, -0.25) is 4.79 Å². The first-order chi connectivity index (χ1) is 10.6. The van der Waals surface area contributed by atoms with Gasteiger partial charge in [0, 0.05) is 18.1 Å². The van der Waals surface area contributed by atoms with E-state index in [-0.39, 0.29) is 12.3 Å². The Balaban J connectivity index is 1.63. The highest BCUT2D eigenvalue weighted by molar-refractivity contribution is 6.30. The summed E-state index contributed by atoms with van der Waals surface area (Å²) in [4.78, 5) is 13.3. The Morgan fingerprint density at radius 3 is 2.23 bits per heavy atom. The van der Waals surface area contributed by atoms with Crippen molar-refractivity contribution in [3.63, 3.8) is 0 Å². The van der Waals surface area contributed by atoms with E-state index in [1.54, 1.807) is 29.2 Å². The van der Waals surface area contributed by atoms with Crippen molar-refractivity contribution in [2.45, 2.75) is 19.1 Å². The predicted molar refractivity (Wildman–Crippen MR) is 84.0 cm³/mol. The van der Waals surface area contributed by atoms with Crippen molar-refractivity contribution in [2.75, 3.05) is 6.54 Å². The van der Waals surface area contributed by atoms with Gasteiger partial charge in [-0.1, -0.05) is 23.7 Å². The van der Waals surface area contributed by atoms with Gasteiger partial charge in [0.15, 0.2) is 0 Å². The molecule has 22 heavy (non-hydrogen) atoms. The molecule has 4 nitrogen and oxygen atoms in total. The third-order valence-corrected chi connectivity index (χ3v) is 3.79. The van der Waals surface area contributed by atoms with Crippen molar-refractivity contribution in [1.29, 1.82) is 0 Å². The molecule has 0 unspecified atom stereocenters. The third kappa shape index (κ3) is 3.59. The van der Waals surface area contributed by atoms with Gasteiger partial charge in [0.2, 0.25) is 5.91 Å². The quantitative estimate of drug-likeness (QED) is 0.942. The van der Waals surface area contributed by atoms with Gasteiger partial charge in [-0.05, 0) is 42.0 Å². The lowest BCUT2D eigenvalue weighted by molar-refractivity contribution is -0.128. The Morgan fingerprint density at radius 2 is 1.68 bits per heavy atom. The molecule has 2 aromatic rings. The van der Waals surface area contributed by atoms with Crippen molar-refractivity contribution < 1.29 is 14.6 Å². The first kappa shape index (κ1) is 14.9. The van der Waals surface area contributed by atoms with Crippen LogP contribution in [0.1, 0.15) is 12.0 Å². The van der Waals surface area contributed by atoms with Crippen molar-refractivity contribution >= 4 is 17.5 Å². The summed E-state index contributed by atoms with van der Waals surface area (Å²) in [5, 5.41) is 10.2. The maximum absolute atomic E-state index is 11.7. The maximum atomic E-state index is 11.7. The van der Waals surface area contributed by atoms with Crippen LogP contribution in [0.15, 0.2) is 48.5 Å². The Morgan fingerprint density at radius 1 is 1.09 bits per heavy atom. The van der Waals surface area contributed by atoms with Crippen molar-refractivity contribution in [2.24, 2.45) is 0 Å². The van der Waals surface area contributed by atoms with Gasteiger partial charge in [0.25, 0.3) is 0 Å². The molecule has 0 bridgehead atoms. The second kappa shape index (κ2) is 6.38. The summed E-state index contributed by atoms with van der Waals surface area (Å²) in [5.41, 5.74) is 1.01. The van der Waals surface area contributed by atoms with Crippen molar-refractivity contribution in [1.82, 2.24) is 4.90 Å². The monoisotopic (exact) mass is 317 g/mol. The number of benzene rings is 2. The number of carbonyl (C=O) groups excluding carboxylic acids is 1. The number of hydrogen-bond donors (Lipinski definition) is 1. The number of aliphatic hydroxyl groups excluding tert-OH is 1. The highest BCUT2D eigenvalue weighted by atomic mass is 35.5. The molecular weight excluding hydrogens is 302 g/mol. The molecule has 0 spiro atoms. The van der Waals surface area contributed by atoms with Gasteiger partial charge in [-0.2, -0.15) is 0 Å². The van der Waals surface area contributed by atoms with Crippen LogP contribution in [0.4, 0.5) is 0 Å². The lowest BCUT2D eigenvalue weighted by Gasteiger charge is -2.16. The van der Waals surface area contributed by atoms with Crippen LogP contribution in [-0.2, 0) is 11.3 Å². The largest absolute Gasteiger partial charge is 0.457 e. The highest BCUT2D eigenvalue weighted by Gasteiger charge is 2.27. The van der Waals surface area contributed by atoms with E-state index in [0.717, 1.165) is 17.1 Å². The molecule has 114 valence electrons. The SMILES string of the molecule is O=C1C[C@H](O)CN1Cc1ccc(Oc2ccc(Cl)cc2)cc1. The van der Waals surface area contributed by atoms with E-state index in [4.69, 9.17) is 16.3 Å². The highest BCUT2D eigenvalue weighted by Crippen LogP contribution is 2.24. The van der Waals surface area contributed by atoms with Crippen molar-refractivity contribution in [3.8, 4) is 11.5 Å². The molecule has 5 heteroatoms. The molecule has 1 fully saturated rings. The van der Waals surface area contributed by atoms with E-state index in [9.17, 15) is 9.90 Å². The summed E-state index contributed by atoms with van der Waals surface area (Å²) in [6.45, 7) is 0.916. The zero-order chi connectivity index (χ0) is 15.5. The summed E-state index contributed by atoms with van der Waals surface area (Å²) < 4.78 is 5.72. The van der Waals surface area contributed by atoms with Gasteiger partial charge in [-0.25, -0.2) is 0 Å². The number of β-amino-alcohol motifs (C(OH)–C–C–N with tert-alkyl or cyclic N) is 1. The molecule has 1 amide bonds. The Labute approximate surface area is 133 Å². The lowest BCUT2D eigenvalue weighted by atomic mass is 10.2. The average molecular weight is 318 g/mol.